The molecule has 0 unspecified atom stereocenters. The van der Waals surface area contributed by atoms with Crippen molar-refractivity contribution in [2.24, 2.45) is 10.3 Å². The lowest BCUT2D eigenvalue weighted by Gasteiger charge is -2.13. The van der Waals surface area contributed by atoms with Crippen molar-refractivity contribution in [2.75, 3.05) is 14.2 Å². The fourth-order valence-electron chi connectivity index (χ4n) is 2.40. The second kappa shape index (κ2) is 9.22. The molecule has 0 aliphatic heterocycles. The maximum Gasteiger partial charge on any atom is 0.358 e. The Bertz CT molecular complexity index is 830. The third-order valence-electron chi connectivity index (χ3n) is 3.55. The highest BCUT2D eigenvalue weighted by Gasteiger charge is 2.18. The minimum absolute atomic E-state index is 0.156. The van der Waals surface area contributed by atoms with Gasteiger partial charge in [0, 0.05) is 11.1 Å². The molecule has 0 aromatic heterocycles. The average molecular weight is 356 g/mol. The van der Waals surface area contributed by atoms with Crippen molar-refractivity contribution in [1.82, 2.24) is 0 Å². The Labute approximate surface area is 151 Å². The van der Waals surface area contributed by atoms with E-state index in [1.54, 1.807) is 24.3 Å². The fraction of sp³-hybridized carbons (Fsp3) is 0.211. The summed E-state index contributed by atoms with van der Waals surface area (Å²) in [6.45, 7) is 1.97. The first-order valence-electron chi connectivity index (χ1n) is 7.81. The standard InChI is InChI=1S/C19H20N2O5/c1-13(20-24-2)15-9-6-7-11-17(15)26-12-14-8-4-5-10-16(14)18(19(22)23)21-25-3/h4-11H,12H2,1-3H3,(H,22,23). The van der Waals surface area contributed by atoms with E-state index in [9.17, 15) is 9.90 Å². The molecule has 0 aliphatic rings. The van der Waals surface area contributed by atoms with Crippen molar-refractivity contribution < 1.29 is 24.3 Å². The zero-order chi connectivity index (χ0) is 18.9. The van der Waals surface area contributed by atoms with Gasteiger partial charge in [-0.2, -0.15) is 0 Å². The highest BCUT2D eigenvalue weighted by molar-refractivity contribution is 6.42. The SMILES string of the molecule is CON=C(C(=O)O)c1ccccc1COc1ccccc1C(C)=NOC. The van der Waals surface area contributed by atoms with Gasteiger partial charge in [-0.05, 0) is 24.6 Å². The Hall–Kier alpha value is -3.35. The molecular weight excluding hydrogens is 336 g/mol. The van der Waals surface area contributed by atoms with Gasteiger partial charge < -0.3 is 19.5 Å². The number of ether oxygens (including phenoxy) is 1. The molecule has 0 saturated carbocycles. The Morgan fingerprint density at radius 1 is 0.962 bits per heavy atom. The summed E-state index contributed by atoms with van der Waals surface area (Å²) in [5.41, 5.74) is 2.37. The molecule has 26 heavy (non-hydrogen) atoms. The van der Waals surface area contributed by atoms with Gasteiger partial charge in [-0.3, -0.25) is 0 Å². The maximum absolute atomic E-state index is 11.5. The number of nitrogens with zero attached hydrogens (tertiary/aromatic N) is 2. The number of carboxylic acids is 1. The molecule has 0 spiro atoms. The van der Waals surface area contributed by atoms with E-state index < -0.39 is 5.97 Å². The summed E-state index contributed by atoms with van der Waals surface area (Å²) in [5, 5.41) is 16.9. The summed E-state index contributed by atoms with van der Waals surface area (Å²) in [7, 11) is 2.78. The van der Waals surface area contributed by atoms with Crippen LogP contribution in [0, 0.1) is 0 Å². The van der Waals surface area contributed by atoms with Crippen LogP contribution < -0.4 is 4.74 Å². The zero-order valence-corrected chi connectivity index (χ0v) is 14.8. The third-order valence-corrected chi connectivity index (χ3v) is 3.55. The van der Waals surface area contributed by atoms with Crippen molar-refractivity contribution in [3.8, 4) is 5.75 Å². The van der Waals surface area contributed by atoms with Crippen LogP contribution in [0.15, 0.2) is 58.8 Å². The first kappa shape index (κ1) is 19.0. The van der Waals surface area contributed by atoms with Crippen LogP contribution in [-0.4, -0.2) is 36.7 Å². The molecule has 2 aromatic carbocycles. The Morgan fingerprint density at radius 3 is 2.23 bits per heavy atom. The first-order valence-corrected chi connectivity index (χ1v) is 7.81. The van der Waals surface area contributed by atoms with Gasteiger partial charge >= 0.3 is 5.97 Å². The van der Waals surface area contributed by atoms with E-state index in [0.717, 1.165) is 5.56 Å². The van der Waals surface area contributed by atoms with Crippen molar-refractivity contribution in [3.63, 3.8) is 0 Å². The number of carbonyl (C=O) groups is 1. The monoisotopic (exact) mass is 356 g/mol. The summed E-state index contributed by atoms with van der Waals surface area (Å²) in [6, 6.07) is 14.4. The summed E-state index contributed by atoms with van der Waals surface area (Å²) >= 11 is 0. The largest absolute Gasteiger partial charge is 0.488 e. The summed E-state index contributed by atoms with van der Waals surface area (Å²) in [5.74, 6) is -0.566. The first-order chi connectivity index (χ1) is 12.6. The van der Waals surface area contributed by atoms with Crippen LogP contribution in [0.3, 0.4) is 0 Å². The number of hydrogen-bond donors (Lipinski definition) is 1. The number of benzene rings is 2. The smallest absolute Gasteiger partial charge is 0.358 e. The van der Waals surface area contributed by atoms with Gasteiger partial charge in [-0.15, -0.1) is 0 Å². The molecular formula is C19H20N2O5. The molecule has 0 saturated heterocycles. The molecule has 0 aliphatic carbocycles. The number of oxime groups is 2. The van der Waals surface area contributed by atoms with Crippen LogP contribution in [0.4, 0.5) is 0 Å². The molecule has 0 radical (unpaired) electrons. The minimum Gasteiger partial charge on any atom is -0.488 e. The molecule has 0 amide bonds. The molecule has 0 heterocycles. The van der Waals surface area contributed by atoms with E-state index in [1.165, 1.54) is 14.2 Å². The highest BCUT2D eigenvalue weighted by atomic mass is 16.6. The highest BCUT2D eigenvalue weighted by Crippen LogP contribution is 2.21. The lowest BCUT2D eigenvalue weighted by molar-refractivity contribution is -0.129. The second-order valence-electron chi connectivity index (χ2n) is 5.23. The van der Waals surface area contributed by atoms with Crippen LogP contribution in [0.2, 0.25) is 0 Å². The van der Waals surface area contributed by atoms with E-state index >= 15 is 0 Å². The van der Waals surface area contributed by atoms with Crippen LogP contribution >= 0.6 is 0 Å². The number of hydrogen-bond acceptors (Lipinski definition) is 6. The Morgan fingerprint density at radius 2 is 1.58 bits per heavy atom. The molecule has 7 nitrogen and oxygen atoms in total. The molecule has 2 aromatic rings. The van der Waals surface area contributed by atoms with E-state index in [0.29, 0.717) is 22.6 Å². The molecule has 0 atom stereocenters. The van der Waals surface area contributed by atoms with Crippen LogP contribution in [0.25, 0.3) is 0 Å². The van der Waals surface area contributed by atoms with Gasteiger partial charge in [0.25, 0.3) is 0 Å². The number of rotatable bonds is 8. The van der Waals surface area contributed by atoms with E-state index in [2.05, 4.69) is 15.1 Å². The van der Waals surface area contributed by atoms with Gasteiger partial charge in [0.1, 0.15) is 26.6 Å². The topological polar surface area (TPSA) is 89.7 Å². The van der Waals surface area contributed by atoms with E-state index in [1.807, 2.05) is 31.2 Å². The average Bonchev–Trinajstić information content (AvgIpc) is 2.65. The van der Waals surface area contributed by atoms with Crippen LogP contribution in [-0.2, 0) is 21.1 Å². The molecule has 7 heteroatoms. The van der Waals surface area contributed by atoms with Crippen molar-refractivity contribution in [3.05, 3.63) is 65.2 Å². The molecule has 136 valence electrons. The lowest BCUT2D eigenvalue weighted by atomic mass is 10.0. The quantitative estimate of drug-likeness (QED) is 0.580. The summed E-state index contributed by atoms with van der Waals surface area (Å²) in [6.07, 6.45) is 0. The number of para-hydroxylation sites is 1. The van der Waals surface area contributed by atoms with Gasteiger partial charge in [-0.1, -0.05) is 46.7 Å². The van der Waals surface area contributed by atoms with Gasteiger partial charge in [-0.25, -0.2) is 4.79 Å². The molecule has 0 fully saturated rings. The van der Waals surface area contributed by atoms with Crippen molar-refractivity contribution >= 4 is 17.4 Å². The fourth-order valence-corrected chi connectivity index (χ4v) is 2.40. The van der Waals surface area contributed by atoms with E-state index in [-0.39, 0.29) is 12.3 Å². The normalized spacial score (nSPS) is 11.8. The van der Waals surface area contributed by atoms with Gasteiger partial charge in [0.05, 0.1) is 5.71 Å². The third kappa shape index (κ3) is 4.60. The Balaban J connectivity index is 2.31. The predicted molar refractivity (Wildman–Crippen MR) is 97.6 cm³/mol. The minimum atomic E-state index is -1.18. The van der Waals surface area contributed by atoms with Crippen LogP contribution in [0.1, 0.15) is 23.6 Å². The lowest BCUT2D eigenvalue weighted by Crippen LogP contribution is -2.17. The Kier molecular flexibility index (Phi) is 6.73. The second-order valence-corrected chi connectivity index (χ2v) is 5.23. The van der Waals surface area contributed by atoms with Crippen LogP contribution in [0.5, 0.6) is 5.75 Å². The van der Waals surface area contributed by atoms with E-state index in [4.69, 9.17) is 9.57 Å². The molecule has 0 bridgehead atoms. The summed E-state index contributed by atoms with van der Waals surface area (Å²) in [4.78, 5) is 20.9. The number of carboxylic acid groups (broad SMARTS) is 1. The van der Waals surface area contributed by atoms with Gasteiger partial charge in [0.15, 0.2) is 5.71 Å². The zero-order valence-electron chi connectivity index (χ0n) is 14.8. The predicted octanol–water partition coefficient (Wildman–Crippen LogP) is 3.07. The van der Waals surface area contributed by atoms with Crippen molar-refractivity contribution in [1.29, 1.82) is 0 Å². The number of aliphatic carboxylic acids is 1. The molecule has 2 rings (SSSR count). The van der Waals surface area contributed by atoms with Gasteiger partial charge in [0.2, 0.25) is 0 Å². The molecule has 1 N–H and O–H groups in total. The maximum atomic E-state index is 11.5. The summed E-state index contributed by atoms with van der Waals surface area (Å²) < 4.78 is 5.91. The van der Waals surface area contributed by atoms with Crippen molar-refractivity contribution in [2.45, 2.75) is 13.5 Å².